The molecule has 4 rings (SSSR count). The second kappa shape index (κ2) is 8.00. The Hall–Kier alpha value is -3.17. The monoisotopic (exact) mass is 493 g/mol. The number of pyridine rings is 1. The number of nitrogens with one attached hydrogen (secondary N) is 1. The number of thiocarbonyl (C=S) groups is 2. The lowest BCUT2D eigenvalue weighted by atomic mass is 9.75. The van der Waals surface area contributed by atoms with Crippen LogP contribution in [0.3, 0.4) is 0 Å². The number of carbonyl (C=O) groups is 1. The van der Waals surface area contributed by atoms with Gasteiger partial charge in [-0.25, -0.2) is 9.37 Å². The Labute approximate surface area is 196 Å². The molecule has 1 aliphatic carbocycles. The third kappa shape index (κ3) is 3.52. The minimum absolute atomic E-state index is 0.142. The molecule has 170 valence electrons. The molecule has 0 atom stereocenters. The molecular formula is C21H15F4N5OS2. The first-order valence-electron chi connectivity index (χ1n) is 9.74. The van der Waals surface area contributed by atoms with E-state index >= 15 is 0 Å². The highest BCUT2D eigenvalue weighted by Gasteiger charge is 2.60. The highest BCUT2D eigenvalue weighted by molar-refractivity contribution is 7.81. The maximum atomic E-state index is 14.8. The van der Waals surface area contributed by atoms with Crippen molar-refractivity contribution in [3.8, 4) is 6.07 Å². The first kappa shape index (κ1) is 23.0. The normalized spacial score (nSPS) is 17.2. The van der Waals surface area contributed by atoms with Crippen molar-refractivity contribution in [1.29, 1.82) is 5.26 Å². The van der Waals surface area contributed by atoms with Crippen LogP contribution in [0.4, 0.5) is 28.9 Å². The summed E-state index contributed by atoms with van der Waals surface area (Å²) in [5.74, 6) is -1.31. The van der Waals surface area contributed by atoms with Crippen LogP contribution in [0.5, 0.6) is 0 Å². The minimum Gasteiger partial charge on any atom is -0.379 e. The van der Waals surface area contributed by atoms with Crippen molar-refractivity contribution in [3.05, 3.63) is 53.1 Å². The zero-order valence-corrected chi connectivity index (χ0v) is 18.7. The van der Waals surface area contributed by atoms with Crippen molar-refractivity contribution in [1.82, 2.24) is 10.3 Å². The quantitative estimate of drug-likeness (QED) is 0.511. The number of carbonyl (C=O) groups excluding carboxylic acids is 1. The number of amides is 1. The molecule has 1 saturated carbocycles. The second-order valence-electron chi connectivity index (χ2n) is 7.56. The highest BCUT2D eigenvalue weighted by atomic mass is 32.1. The van der Waals surface area contributed by atoms with Gasteiger partial charge in [0.1, 0.15) is 28.1 Å². The Morgan fingerprint density at radius 1 is 1.27 bits per heavy atom. The van der Waals surface area contributed by atoms with Crippen molar-refractivity contribution in [2.24, 2.45) is 0 Å². The summed E-state index contributed by atoms with van der Waals surface area (Å²) >= 11 is 10.5. The highest BCUT2D eigenvalue weighted by Crippen LogP contribution is 2.49. The molecule has 1 aliphatic heterocycles. The average molecular weight is 494 g/mol. The number of anilines is 2. The van der Waals surface area contributed by atoms with Crippen LogP contribution < -0.4 is 15.1 Å². The number of hydrogen-bond acceptors (Lipinski definition) is 5. The topological polar surface area (TPSA) is 72.3 Å². The van der Waals surface area contributed by atoms with Gasteiger partial charge in [-0.05, 0) is 61.8 Å². The Bertz CT molecular complexity index is 1240. The summed E-state index contributed by atoms with van der Waals surface area (Å²) in [6.07, 6.45) is -3.60. The van der Waals surface area contributed by atoms with E-state index in [2.05, 4.69) is 10.3 Å². The van der Waals surface area contributed by atoms with Crippen LogP contribution in [-0.2, 0) is 11.0 Å². The van der Waals surface area contributed by atoms with Crippen molar-refractivity contribution in [2.75, 3.05) is 16.8 Å². The number of hydrogen-bond donors (Lipinski definition) is 1. The van der Waals surface area contributed by atoms with Crippen LogP contribution in [0.1, 0.15) is 36.2 Å². The lowest BCUT2D eigenvalue weighted by molar-refractivity contribution is -0.140. The Balaban J connectivity index is 1.84. The molecule has 1 N–H and O–H groups in total. The van der Waals surface area contributed by atoms with Gasteiger partial charge < -0.3 is 10.2 Å². The maximum absolute atomic E-state index is 14.8. The van der Waals surface area contributed by atoms with Gasteiger partial charge in [-0.3, -0.25) is 9.69 Å². The number of aromatic nitrogens is 1. The van der Waals surface area contributed by atoms with E-state index in [0.717, 1.165) is 23.1 Å². The van der Waals surface area contributed by atoms with Crippen molar-refractivity contribution in [3.63, 3.8) is 0 Å². The van der Waals surface area contributed by atoms with Crippen molar-refractivity contribution < 1.29 is 22.4 Å². The summed E-state index contributed by atoms with van der Waals surface area (Å²) in [5, 5.41) is 11.4. The standard InChI is InChI=1S/C21H15F4N5OS2/c1-27-17(32)13-5-4-12(9-14(13)22)30-19(33)29(18(31)20(30)7-2-8-20)15-6-3-11(10-26)28-16(15)21(23,24)25/h3-6,9H,2,7-8H2,1H3,(H,27,32). The molecule has 1 amide bonds. The van der Waals surface area contributed by atoms with Gasteiger partial charge in [-0.2, -0.15) is 18.4 Å². The molecule has 1 aromatic heterocycles. The van der Waals surface area contributed by atoms with Crippen LogP contribution in [0.15, 0.2) is 30.3 Å². The molecule has 1 saturated heterocycles. The maximum Gasteiger partial charge on any atom is 0.435 e. The molecule has 0 unspecified atom stereocenters. The Kier molecular flexibility index (Phi) is 5.58. The molecule has 1 spiro atoms. The fraction of sp³-hybridized carbons (Fsp3) is 0.286. The lowest BCUT2D eigenvalue weighted by Crippen LogP contribution is -2.55. The lowest BCUT2D eigenvalue weighted by Gasteiger charge is -2.43. The average Bonchev–Trinajstić information content (AvgIpc) is 2.98. The fourth-order valence-corrected chi connectivity index (χ4v) is 4.68. The van der Waals surface area contributed by atoms with Gasteiger partial charge in [-0.1, -0.05) is 12.2 Å². The van der Waals surface area contributed by atoms with Crippen molar-refractivity contribution in [2.45, 2.75) is 31.0 Å². The SMILES string of the molecule is CNC(=S)c1ccc(N2C(=S)N(c3ccc(C#N)nc3C(F)(F)F)C(=O)C23CCC3)cc1F. The number of nitriles is 1. The first-order chi connectivity index (χ1) is 15.5. The molecule has 12 heteroatoms. The predicted molar refractivity (Wildman–Crippen MR) is 120 cm³/mol. The summed E-state index contributed by atoms with van der Waals surface area (Å²) in [6.45, 7) is 0. The number of nitrogens with zero attached hydrogens (tertiary/aromatic N) is 4. The van der Waals surface area contributed by atoms with Gasteiger partial charge >= 0.3 is 6.18 Å². The number of rotatable bonds is 3. The molecule has 2 fully saturated rings. The van der Waals surface area contributed by atoms with E-state index in [4.69, 9.17) is 29.7 Å². The largest absolute Gasteiger partial charge is 0.435 e. The van der Waals surface area contributed by atoms with Gasteiger partial charge in [-0.15, -0.1) is 0 Å². The van der Waals surface area contributed by atoms with Crippen molar-refractivity contribution >= 4 is 51.8 Å². The molecule has 2 heterocycles. The Morgan fingerprint density at radius 2 is 1.97 bits per heavy atom. The number of benzene rings is 1. The van der Waals surface area contributed by atoms with Gasteiger partial charge in [0.2, 0.25) is 0 Å². The van der Waals surface area contributed by atoms with E-state index < -0.39 is 40.5 Å². The van der Waals surface area contributed by atoms with Crippen LogP contribution in [0.2, 0.25) is 0 Å². The minimum atomic E-state index is -4.94. The molecular weight excluding hydrogens is 478 g/mol. The Morgan fingerprint density at radius 3 is 2.48 bits per heavy atom. The summed E-state index contributed by atoms with van der Waals surface area (Å²) in [5.41, 5.74) is -3.26. The van der Waals surface area contributed by atoms with Crippen LogP contribution >= 0.6 is 24.4 Å². The number of halogens is 4. The summed E-state index contributed by atoms with van der Waals surface area (Å²) in [4.78, 5) is 19.2. The smallest absolute Gasteiger partial charge is 0.379 e. The molecule has 33 heavy (non-hydrogen) atoms. The second-order valence-corrected chi connectivity index (χ2v) is 8.33. The van der Waals surface area contributed by atoms with E-state index in [1.807, 2.05) is 0 Å². The predicted octanol–water partition coefficient (Wildman–Crippen LogP) is 4.07. The van der Waals surface area contributed by atoms with Gasteiger partial charge in [0.25, 0.3) is 5.91 Å². The number of alkyl halides is 3. The zero-order chi connectivity index (χ0) is 24.1. The van der Waals surface area contributed by atoms with E-state index in [1.165, 1.54) is 17.0 Å². The van der Waals surface area contributed by atoms with Crippen LogP contribution in [0, 0.1) is 17.1 Å². The first-order valence-corrected chi connectivity index (χ1v) is 10.6. The summed E-state index contributed by atoms with van der Waals surface area (Å²) in [7, 11) is 1.55. The molecule has 0 bridgehead atoms. The van der Waals surface area contributed by atoms with Gasteiger partial charge in [0.15, 0.2) is 10.8 Å². The van der Waals surface area contributed by atoms with Crippen LogP contribution in [-0.4, -0.2) is 33.6 Å². The van der Waals surface area contributed by atoms with Gasteiger partial charge in [0, 0.05) is 18.3 Å². The molecule has 1 aromatic carbocycles. The molecule has 6 nitrogen and oxygen atoms in total. The zero-order valence-electron chi connectivity index (χ0n) is 17.0. The third-order valence-corrected chi connectivity index (χ3v) is 6.56. The fourth-order valence-electron chi connectivity index (χ4n) is 4.06. The molecule has 2 aliphatic rings. The summed E-state index contributed by atoms with van der Waals surface area (Å²) < 4.78 is 56.0. The van der Waals surface area contributed by atoms with E-state index in [-0.39, 0.29) is 21.4 Å². The summed E-state index contributed by atoms with van der Waals surface area (Å²) in [6, 6.07) is 7.76. The van der Waals surface area contributed by atoms with Crippen LogP contribution in [0.25, 0.3) is 0 Å². The van der Waals surface area contributed by atoms with E-state index in [0.29, 0.717) is 19.3 Å². The van der Waals surface area contributed by atoms with E-state index in [9.17, 15) is 22.4 Å². The van der Waals surface area contributed by atoms with Gasteiger partial charge in [0.05, 0.1) is 5.69 Å². The van der Waals surface area contributed by atoms with E-state index in [1.54, 1.807) is 13.1 Å². The third-order valence-electron chi connectivity index (χ3n) is 5.77. The molecule has 0 radical (unpaired) electrons. The molecule has 2 aromatic rings.